The van der Waals surface area contributed by atoms with Gasteiger partial charge in [-0.1, -0.05) is 241 Å². The molecule has 0 bridgehead atoms. The van der Waals surface area contributed by atoms with Crippen LogP contribution in [0.25, 0.3) is 77.9 Å². The molecule has 3 aliphatic carbocycles. The molecule has 14 rings (SSSR count). The number of fused-ring (bicyclic) bond motifs is 13. The van der Waals surface area contributed by atoms with E-state index in [4.69, 9.17) is 0 Å². The SMILES string of the molecule is Cc1ccc(-c2ccc3c(c2)C(C)(C)c2cc(N(c4ccc(-c5ccccc5)cc4)c4ccc(-c5ccc6c(c5)C5(c7ccccc7-c7ccc(-c8ccc(C(CC(C)C)C(C)C)cc8)cc75)c5ccccc5-6)cc4)ccc2-3)cc1. The third kappa shape index (κ3) is 7.96. The van der Waals surface area contributed by atoms with Crippen molar-refractivity contribution < 1.29 is 0 Å². The van der Waals surface area contributed by atoms with Gasteiger partial charge in [0, 0.05) is 22.5 Å². The van der Waals surface area contributed by atoms with E-state index in [2.05, 4.69) is 302 Å². The average Bonchev–Trinajstić information content (AvgIpc) is 4.27. The minimum Gasteiger partial charge on any atom is -0.310 e. The molecule has 1 heteroatoms. The van der Waals surface area contributed by atoms with Gasteiger partial charge in [-0.3, -0.25) is 0 Å². The van der Waals surface area contributed by atoms with Crippen molar-refractivity contribution in [1.82, 2.24) is 0 Å². The molecular formula is C79H67N. The Morgan fingerprint density at radius 1 is 0.325 bits per heavy atom. The largest absolute Gasteiger partial charge is 0.310 e. The molecule has 0 aromatic heterocycles. The van der Waals surface area contributed by atoms with Crippen LogP contribution in [0.1, 0.15) is 98.4 Å². The van der Waals surface area contributed by atoms with Crippen LogP contribution in [0.3, 0.4) is 0 Å². The lowest BCUT2D eigenvalue weighted by molar-refractivity contribution is 0.408. The quantitative estimate of drug-likeness (QED) is 0.125. The minimum atomic E-state index is -0.476. The number of hydrogen-bond acceptors (Lipinski definition) is 1. The summed E-state index contributed by atoms with van der Waals surface area (Å²) >= 11 is 0. The third-order valence-electron chi connectivity index (χ3n) is 18.3. The first-order valence-electron chi connectivity index (χ1n) is 29.0. The van der Waals surface area contributed by atoms with Gasteiger partial charge in [0.1, 0.15) is 0 Å². The minimum absolute atomic E-state index is 0.198. The fourth-order valence-corrected chi connectivity index (χ4v) is 14.2. The Kier molecular flexibility index (Phi) is 11.9. The summed E-state index contributed by atoms with van der Waals surface area (Å²) in [6.07, 6.45) is 1.20. The van der Waals surface area contributed by atoms with Crippen molar-refractivity contribution in [2.24, 2.45) is 11.8 Å². The van der Waals surface area contributed by atoms with E-state index < -0.39 is 5.41 Å². The number of rotatable bonds is 11. The monoisotopic (exact) mass is 1030 g/mol. The zero-order valence-electron chi connectivity index (χ0n) is 47.1. The second kappa shape index (κ2) is 19.2. The molecule has 0 N–H and O–H groups in total. The van der Waals surface area contributed by atoms with Crippen LogP contribution in [0, 0.1) is 18.8 Å². The van der Waals surface area contributed by atoms with Crippen LogP contribution in [0.2, 0.25) is 0 Å². The van der Waals surface area contributed by atoms with Gasteiger partial charge in [-0.05, 0) is 203 Å². The van der Waals surface area contributed by atoms with Crippen LogP contribution < -0.4 is 4.90 Å². The van der Waals surface area contributed by atoms with Crippen molar-refractivity contribution in [2.75, 3.05) is 4.90 Å². The molecule has 0 fully saturated rings. The maximum absolute atomic E-state index is 2.52. The molecule has 11 aromatic rings. The van der Waals surface area contributed by atoms with E-state index in [1.165, 1.54) is 129 Å². The maximum atomic E-state index is 2.52. The van der Waals surface area contributed by atoms with Gasteiger partial charge in [0.2, 0.25) is 0 Å². The molecular weight excluding hydrogens is 963 g/mol. The molecule has 11 aromatic carbocycles. The van der Waals surface area contributed by atoms with Crippen molar-refractivity contribution >= 4 is 17.1 Å². The van der Waals surface area contributed by atoms with Crippen molar-refractivity contribution in [1.29, 1.82) is 0 Å². The van der Waals surface area contributed by atoms with Gasteiger partial charge in [-0.2, -0.15) is 0 Å². The number of benzene rings is 11. The smallest absolute Gasteiger partial charge is 0.0725 e. The number of hydrogen-bond donors (Lipinski definition) is 0. The lowest BCUT2D eigenvalue weighted by Gasteiger charge is -2.31. The Balaban J connectivity index is 0.858. The zero-order valence-corrected chi connectivity index (χ0v) is 47.1. The first-order valence-corrected chi connectivity index (χ1v) is 29.0. The Morgan fingerprint density at radius 2 is 0.688 bits per heavy atom. The van der Waals surface area contributed by atoms with Crippen molar-refractivity contribution in [3.05, 3.63) is 293 Å². The summed E-state index contributed by atoms with van der Waals surface area (Å²) in [5, 5.41) is 0. The normalized spacial score (nSPS) is 15.3. The predicted octanol–water partition coefficient (Wildman–Crippen LogP) is 21.6. The Morgan fingerprint density at radius 3 is 1.19 bits per heavy atom. The molecule has 0 heterocycles. The van der Waals surface area contributed by atoms with Crippen molar-refractivity contribution in [2.45, 2.75) is 71.6 Å². The van der Waals surface area contributed by atoms with Crippen molar-refractivity contribution in [3.8, 4) is 77.9 Å². The molecule has 1 nitrogen and oxygen atoms in total. The fourth-order valence-electron chi connectivity index (χ4n) is 14.2. The molecule has 0 saturated heterocycles. The molecule has 0 radical (unpaired) electrons. The van der Waals surface area contributed by atoms with E-state index >= 15 is 0 Å². The third-order valence-corrected chi connectivity index (χ3v) is 18.3. The van der Waals surface area contributed by atoms with Gasteiger partial charge in [-0.25, -0.2) is 0 Å². The van der Waals surface area contributed by atoms with Crippen LogP contribution in [-0.2, 0) is 10.8 Å². The molecule has 1 spiro atoms. The van der Waals surface area contributed by atoms with Gasteiger partial charge in [0.05, 0.1) is 5.41 Å². The van der Waals surface area contributed by atoms with E-state index in [1.54, 1.807) is 0 Å². The number of nitrogens with zero attached hydrogens (tertiary/aromatic N) is 1. The van der Waals surface area contributed by atoms with Crippen LogP contribution in [0.15, 0.2) is 249 Å². The van der Waals surface area contributed by atoms with E-state index in [-0.39, 0.29) is 5.41 Å². The molecule has 0 aliphatic heterocycles. The lowest BCUT2D eigenvalue weighted by Crippen LogP contribution is -2.26. The summed E-state index contributed by atoms with van der Waals surface area (Å²) < 4.78 is 0. The first-order chi connectivity index (χ1) is 38.9. The molecule has 0 saturated carbocycles. The standard InChI is InChI=1S/C79H67N/c1-50(2)45-71(51(3)4)58-27-25-56(26-28-58)60-34-42-69-65-17-11-13-19-72(65)79(76(69)47-60)73-20-14-12-18-66(73)70-43-35-61(48-77(70)79)57-31-38-63(39-32-57)80(62-36-29-54(30-37-62)53-15-9-8-10-16-53)64-40-44-68-67-41-33-59(55-23-21-52(5)22-24-55)46-74(67)78(6,7)75(68)49-64/h8-44,46-51,71H,45H2,1-7H3. The second-order valence-corrected chi connectivity index (χ2v) is 24.2. The Hall–Kier alpha value is -8.78. The lowest BCUT2D eigenvalue weighted by atomic mass is 9.70. The highest BCUT2D eigenvalue weighted by atomic mass is 15.1. The highest BCUT2D eigenvalue weighted by Crippen LogP contribution is 2.64. The Labute approximate surface area is 473 Å². The van der Waals surface area contributed by atoms with Crippen molar-refractivity contribution in [3.63, 3.8) is 0 Å². The molecule has 388 valence electrons. The van der Waals surface area contributed by atoms with Gasteiger partial charge < -0.3 is 4.90 Å². The van der Waals surface area contributed by atoms with Gasteiger partial charge in [0.15, 0.2) is 0 Å². The summed E-state index contributed by atoms with van der Waals surface area (Å²) in [6, 6.07) is 94.6. The van der Waals surface area contributed by atoms with Gasteiger partial charge >= 0.3 is 0 Å². The second-order valence-electron chi connectivity index (χ2n) is 24.2. The van der Waals surface area contributed by atoms with Crippen LogP contribution in [0.5, 0.6) is 0 Å². The molecule has 3 aliphatic rings. The summed E-state index contributed by atoms with van der Waals surface area (Å²) in [5.74, 6) is 1.79. The van der Waals surface area contributed by atoms with Crippen LogP contribution >= 0.6 is 0 Å². The van der Waals surface area contributed by atoms with E-state index in [9.17, 15) is 0 Å². The maximum Gasteiger partial charge on any atom is 0.0725 e. The highest BCUT2D eigenvalue weighted by Gasteiger charge is 2.52. The van der Waals surface area contributed by atoms with E-state index in [0.717, 1.165) is 17.1 Å². The molecule has 80 heavy (non-hydrogen) atoms. The average molecular weight is 1030 g/mol. The summed E-state index contributed by atoms with van der Waals surface area (Å²) in [7, 11) is 0. The van der Waals surface area contributed by atoms with Gasteiger partial charge in [-0.15, -0.1) is 0 Å². The van der Waals surface area contributed by atoms with Crippen LogP contribution in [-0.4, -0.2) is 0 Å². The highest BCUT2D eigenvalue weighted by molar-refractivity contribution is 5.97. The predicted molar refractivity (Wildman–Crippen MR) is 339 cm³/mol. The molecule has 0 amide bonds. The molecule has 2 atom stereocenters. The van der Waals surface area contributed by atoms with Gasteiger partial charge in [0.25, 0.3) is 0 Å². The fraction of sp³-hybridized carbons (Fsp3) is 0.165. The zero-order chi connectivity index (χ0) is 54.4. The summed E-state index contributed by atoms with van der Waals surface area (Å²) in [6.45, 7) is 16.4. The number of aryl methyl sites for hydroxylation is 1. The number of anilines is 3. The van der Waals surface area contributed by atoms with E-state index in [1.807, 2.05) is 0 Å². The topological polar surface area (TPSA) is 3.24 Å². The summed E-state index contributed by atoms with van der Waals surface area (Å²) in [4.78, 5) is 2.44. The Bertz CT molecular complexity index is 4140. The first kappa shape index (κ1) is 49.5. The summed E-state index contributed by atoms with van der Waals surface area (Å²) in [5.41, 5.74) is 31.3. The van der Waals surface area contributed by atoms with E-state index in [0.29, 0.717) is 17.8 Å². The molecule has 2 unspecified atom stereocenters. The van der Waals surface area contributed by atoms with Crippen LogP contribution in [0.4, 0.5) is 17.1 Å².